The smallest absolute Gasteiger partial charge is 0.228 e. The van der Waals surface area contributed by atoms with Gasteiger partial charge in [-0.15, -0.1) is 0 Å². The highest BCUT2D eigenvalue weighted by Crippen LogP contribution is 2.21. The van der Waals surface area contributed by atoms with E-state index in [0.717, 1.165) is 6.42 Å². The summed E-state index contributed by atoms with van der Waals surface area (Å²) in [6, 6.07) is 0.0727. The zero-order valence-corrected chi connectivity index (χ0v) is 10.5. The first kappa shape index (κ1) is 13.1. The van der Waals surface area contributed by atoms with E-state index < -0.39 is 5.60 Å². The minimum atomic E-state index is -0.507. The van der Waals surface area contributed by atoms with Crippen LogP contribution in [0.3, 0.4) is 0 Å². The van der Waals surface area contributed by atoms with Gasteiger partial charge in [0.25, 0.3) is 0 Å². The molecule has 0 spiro atoms. The molecule has 0 aliphatic carbocycles. The fraction of sp³-hybridized carbons (Fsp3) is 0.818. The Morgan fingerprint density at radius 2 is 2.12 bits per heavy atom. The molecule has 1 heterocycles. The van der Waals surface area contributed by atoms with Gasteiger partial charge < -0.3 is 15.0 Å². The number of rotatable bonds is 6. The van der Waals surface area contributed by atoms with E-state index in [-0.39, 0.29) is 6.04 Å². The molecule has 0 radical (unpaired) electrons. The summed E-state index contributed by atoms with van der Waals surface area (Å²) in [5.41, 5.74) is 5.32. The third kappa shape index (κ3) is 3.28. The van der Waals surface area contributed by atoms with Crippen molar-refractivity contribution in [2.45, 2.75) is 52.2 Å². The van der Waals surface area contributed by atoms with Crippen LogP contribution in [0.25, 0.3) is 0 Å². The van der Waals surface area contributed by atoms with Crippen molar-refractivity contribution in [3.05, 3.63) is 11.7 Å². The Labute approximate surface area is 96.4 Å². The summed E-state index contributed by atoms with van der Waals surface area (Å²) in [4.78, 5) is 4.31. The molecule has 1 atom stereocenters. The summed E-state index contributed by atoms with van der Waals surface area (Å²) < 4.78 is 10.7. The van der Waals surface area contributed by atoms with Gasteiger partial charge in [-0.1, -0.05) is 12.1 Å². The summed E-state index contributed by atoms with van der Waals surface area (Å²) >= 11 is 0. The summed E-state index contributed by atoms with van der Waals surface area (Å²) in [6.07, 6.45) is 1.51. The molecule has 1 aromatic heterocycles. The van der Waals surface area contributed by atoms with Crippen LogP contribution in [0.2, 0.25) is 0 Å². The minimum absolute atomic E-state index is 0.0727. The van der Waals surface area contributed by atoms with Crippen LogP contribution in [0.5, 0.6) is 0 Å². The van der Waals surface area contributed by atoms with Gasteiger partial charge in [0.05, 0.1) is 0 Å². The first-order chi connectivity index (χ1) is 7.49. The van der Waals surface area contributed by atoms with Gasteiger partial charge in [-0.2, -0.15) is 4.98 Å². The van der Waals surface area contributed by atoms with E-state index in [2.05, 4.69) is 10.1 Å². The number of hydrogen-bond donors (Lipinski definition) is 1. The van der Waals surface area contributed by atoms with Crippen LogP contribution >= 0.6 is 0 Å². The van der Waals surface area contributed by atoms with Gasteiger partial charge in [-0.3, -0.25) is 0 Å². The van der Waals surface area contributed by atoms with Crippen LogP contribution < -0.4 is 5.73 Å². The van der Waals surface area contributed by atoms with E-state index in [9.17, 15) is 0 Å². The fourth-order valence-corrected chi connectivity index (χ4v) is 1.38. The van der Waals surface area contributed by atoms with Crippen molar-refractivity contribution in [2.75, 3.05) is 6.61 Å². The first-order valence-electron chi connectivity index (χ1n) is 5.72. The fourth-order valence-electron chi connectivity index (χ4n) is 1.38. The average Bonchev–Trinajstić information content (AvgIpc) is 2.66. The highest BCUT2D eigenvalue weighted by Gasteiger charge is 2.27. The first-order valence-corrected chi connectivity index (χ1v) is 5.72. The van der Waals surface area contributed by atoms with E-state index in [4.69, 9.17) is 15.0 Å². The highest BCUT2D eigenvalue weighted by molar-refractivity contribution is 4.98. The molecule has 0 aliphatic rings. The number of ether oxygens (including phenoxy) is 1. The molecule has 0 aromatic carbocycles. The van der Waals surface area contributed by atoms with Crippen molar-refractivity contribution in [1.29, 1.82) is 0 Å². The van der Waals surface area contributed by atoms with Crippen LogP contribution in [0, 0.1) is 0 Å². The SMILES string of the molecule is CCOC(C)(C)c1noc(CC(N)CC)n1. The van der Waals surface area contributed by atoms with Crippen LogP contribution in [-0.4, -0.2) is 22.8 Å². The van der Waals surface area contributed by atoms with Crippen molar-refractivity contribution in [1.82, 2.24) is 10.1 Å². The zero-order chi connectivity index (χ0) is 12.2. The summed E-state index contributed by atoms with van der Waals surface area (Å²) in [7, 11) is 0. The molecule has 0 saturated carbocycles. The van der Waals surface area contributed by atoms with Crippen LogP contribution in [0.1, 0.15) is 45.8 Å². The van der Waals surface area contributed by atoms with Gasteiger partial charge in [0.15, 0.2) is 0 Å². The van der Waals surface area contributed by atoms with Crippen molar-refractivity contribution in [2.24, 2.45) is 5.73 Å². The molecule has 0 fully saturated rings. The lowest BCUT2D eigenvalue weighted by molar-refractivity contribution is -0.0221. The molecule has 92 valence electrons. The van der Waals surface area contributed by atoms with Crippen molar-refractivity contribution in [3.63, 3.8) is 0 Å². The molecule has 0 aliphatic heterocycles. The molecule has 2 N–H and O–H groups in total. The van der Waals surface area contributed by atoms with Crippen molar-refractivity contribution in [3.8, 4) is 0 Å². The van der Waals surface area contributed by atoms with Gasteiger partial charge in [0, 0.05) is 19.1 Å². The Bertz CT molecular complexity index is 323. The predicted molar refractivity (Wildman–Crippen MR) is 60.9 cm³/mol. The molecule has 16 heavy (non-hydrogen) atoms. The lowest BCUT2D eigenvalue weighted by atomic mass is 10.1. The number of nitrogens with zero attached hydrogens (tertiary/aromatic N) is 2. The Kier molecular flexibility index (Phi) is 4.44. The standard InChI is InChI=1S/C11H21N3O2/c1-5-8(12)7-9-13-10(14-16-9)11(3,4)15-6-2/h8H,5-7,12H2,1-4H3. The maximum absolute atomic E-state index is 5.82. The maximum atomic E-state index is 5.82. The summed E-state index contributed by atoms with van der Waals surface area (Å²) in [6.45, 7) is 8.43. The van der Waals surface area contributed by atoms with E-state index in [0.29, 0.717) is 24.7 Å². The lowest BCUT2D eigenvalue weighted by Crippen LogP contribution is -2.24. The summed E-state index contributed by atoms with van der Waals surface area (Å²) in [5.74, 6) is 1.16. The molecule has 5 heteroatoms. The lowest BCUT2D eigenvalue weighted by Gasteiger charge is -2.19. The van der Waals surface area contributed by atoms with Gasteiger partial charge >= 0.3 is 0 Å². The third-order valence-electron chi connectivity index (χ3n) is 2.47. The normalized spacial score (nSPS) is 14.1. The van der Waals surface area contributed by atoms with E-state index >= 15 is 0 Å². The Balaban J connectivity index is 2.70. The molecule has 1 unspecified atom stereocenters. The third-order valence-corrected chi connectivity index (χ3v) is 2.47. The minimum Gasteiger partial charge on any atom is -0.368 e. The van der Waals surface area contributed by atoms with Gasteiger partial charge in [-0.25, -0.2) is 0 Å². The molecular weight excluding hydrogens is 206 g/mol. The molecule has 1 aromatic rings. The van der Waals surface area contributed by atoms with E-state index in [1.165, 1.54) is 0 Å². The maximum Gasteiger partial charge on any atom is 0.228 e. The highest BCUT2D eigenvalue weighted by atomic mass is 16.5. The second-order valence-corrected chi connectivity index (χ2v) is 4.33. The average molecular weight is 227 g/mol. The summed E-state index contributed by atoms with van der Waals surface area (Å²) in [5, 5.41) is 3.93. The molecule has 0 amide bonds. The second-order valence-electron chi connectivity index (χ2n) is 4.33. The van der Waals surface area contributed by atoms with Gasteiger partial charge in [0.1, 0.15) is 5.60 Å². The van der Waals surface area contributed by atoms with E-state index in [1.54, 1.807) is 0 Å². The monoisotopic (exact) mass is 227 g/mol. The Morgan fingerprint density at radius 3 is 2.69 bits per heavy atom. The zero-order valence-electron chi connectivity index (χ0n) is 10.5. The topological polar surface area (TPSA) is 74.2 Å². The Morgan fingerprint density at radius 1 is 1.44 bits per heavy atom. The second kappa shape index (κ2) is 5.41. The molecule has 1 rings (SSSR count). The van der Waals surface area contributed by atoms with Crippen molar-refractivity contribution >= 4 is 0 Å². The predicted octanol–water partition coefficient (Wildman–Crippen LogP) is 1.62. The van der Waals surface area contributed by atoms with Gasteiger partial charge in [-0.05, 0) is 27.2 Å². The van der Waals surface area contributed by atoms with Crippen LogP contribution in [-0.2, 0) is 16.8 Å². The number of hydrogen-bond acceptors (Lipinski definition) is 5. The van der Waals surface area contributed by atoms with Crippen molar-refractivity contribution < 1.29 is 9.26 Å². The number of aromatic nitrogens is 2. The Hall–Kier alpha value is -0.940. The molecule has 5 nitrogen and oxygen atoms in total. The quantitative estimate of drug-likeness (QED) is 0.799. The van der Waals surface area contributed by atoms with Crippen LogP contribution in [0.15, 0.2) is 4.52 Å². The van der Waals surface area contributed by atoms with Crippen LogP contribution in [0.4, 0.5) is 0 Å². The largest absolute Gasteiger partial charge is 0.368 e. The van der Waals surface area contributed by atoms with Gasteiger partial charge in [0.2, 0.25) is 11.7 Å². The molecule has 0 bridgehead atoms. The van der Waals surface area contributed by atoms with E-state index in [1.807, 2.05) is 27.7 Å². The molecule has 0 saturated heterocycles. The molecular formula is C11H21N3O2. The number of nitrogens with two attached hydrogens (primary N) is 1.